The molecule has 1 N–H and O–H groups in total. The third kappa shape index (κ3) is 2.76. The van der Waals surface area contributed by atoms with Crippen molar-refractivity contribution in [3.63, 3.8) is 0 Å². The lowest BCUT2D eigenvalue weighted by Crippen LogP contribution is -2.63. The van der Waals surface area contributed by atoms with E-state index in [1.165, 1.54) is 0 Å². The molecule has 9 heteroatoms. The van der Waals surface area contributed by atoms with Crippen LogP contribution in [0.3, 0.4) is 0 Å². The van der Waals surface area contributed by atoms with E-state index in [0.29, 0.717) is 19.5 Å². The molecule has 5 rings (SSSR count). The number of aromatic nitrogens is 4. The summed E-state index contributed by atoms with van der Waals surface area (Å²) >= 11 is -1.21. The fraction of sp³-hybridized carbons (Fsp3) is 0.286. The molecule has 0 radical (unpaired) electrons. The summed E-state index contributed by atoms with van der Waals surface area (Å²) in [6.07, 6.45) is 5.86. The summed E-state index contributed by atoms with van der Waals surface area (Å²) in [4.78, 5) is 12.0. The third-order valence-corrected chi connectivity index (χ3v) is 7.04. The van der Waals surface area contributed by atoms with E-state index in [1.54, 1.807) is 24.7 Å². The molecular weight excluding hydrogens is 398 g/mol. The number of H-pyrrole nitrogens is 1. The molecule has 152 valence electrons. The fourth-order valence-corrected chi connectivity index (χ4v) is 5.46. The van der Waals surface area contributed by atoms with Gasteiger partial charge < -0.3 is 9.55 Å². The Balaban J connectivity index is 1.67. The number of fused-ring (bicyclic) bond motifs is 2. The van der Waals surface area contributed by atoms with Crippen LogP contribution in [-0.2, 0) is 16.7 Å². The first-order valence-corrected chi connectivity index (χ1v) is 10.7. The molecule has 1 aliphatic heterocycles. The van der Waals surface area contributed by atoms with Crippen molar-refractivity contribution in [2.45, 2.75) is 12.0 Å². The number of hydrogen-bond donors (Lipinski definition) is 1. The topological polar surface area (TPSA) is 93.8 Å². The number of para-hydroxylation sites is 1. The molecular formula is C21H21N7OS. The highest BCUT2D eigenvalue weighted by Gasteiger charge is 2.48. The molecule has 0 saturated carbocycles. The van der Waals surface area contributed by atoms with E-state index in [0.717, 1.165) is 33.2 Å². The first-order valence-electron chi connectivity index (χ1n) is 9.64. The average molecular weight is 420 g/mol. The van der Waals surface area contributed by atoms with Gasteiger partial charge in [-0.2, -0.15) is 5.26 Å². The maximum absolute atomic E-state index is 12.5. The Hall–Kier alpha value is -3.06. The lowest BCUT2D eigenvalue weighted by Gasteiger charge is -2.49. The maximum atomic E-state index is 12.5. The monoisotopic (exact) mass is 419 g/mol. The van der Waals surface area contributed by atoms with E-state index in [4.69, 9.17) is 0 Å². The normalized spacial score (nSPS) is 17.3. The van der Waals surface area contributed by atoms with Crippen LogP contribution < -0.4 is 0 Å². The van der Waals surface area contributed by atoms with Gasteiger partial charge in [0.2, 0.25) is 0 Å². The molecule has 3 aromatic heterocycles. The number of nitrogens with one attached hydrogen (secondary N) is 1. The number of rotatable bonds is 5. The summed E-state index contributed by atoms with van der Waals surface area (Å²) in [5.74, 6) is 0. The predicted molar refractivity (Wildman–Crippen MR) is 116 cm³/mol. The Morgan fingerprint density at radius 1 is 1.23 bits per heavy atom. The molecule has 1 saturated heterocycles. The van der Waals surface area contributed by atoms with E-state index in [-0.39, 0.29) is 0 Å². The molecule has 8 nitrogen and oxygen atoms in total. The summed E-state index contributed by atoms with van der Waals surface area (Å²) < 4.78 is 18.3. The van der Waals surface area contributed by atoms with Crippen molar-refractivity contribution in [1.82, 2.24) is 28.1 Å². The zero-order chi connectivity index (χ0) is 20.9. The van der Waals surface area contributed by atoms with Crippen LogP contribution in [-0.4, -0.2) is 59.5 Å². The SMILES string of the molecule is CN(C)S(=O)N1CC(CC#N)(n2cc(-c3ncnc4[nH]ccc34)c3ccccc32)C1. The second kappa shape index (κ2) is 7.02. The van der Waals surface area contributed by atoms with Crippen LogP contribution in [0.1, 0.15) is 6.42 Å². The van der Waals surface area contributed by atoms with Gasteiger partial charge in [0.25, 0.3) is 0 Å². The molecule has 0 bridgehead atoms. The van der Waals surface area contributed by atoms with Crippen LogP contribution in [0.2, 0.25) is 0 Å². The number of nitrogens with zero attached hydrogens (tertiary/aromatic N) is 6. The minimum Gasteiger partial charge on any atom is -0.346 e. The van der Waals surface area contributed by atoms with Gasteiger partial charge in [-0.15, -0.1) is 0 Å². The standard InChI is InChI=1S/C21H21N7OS/c1-26(2)30(29)27-12-21(13-27,8-9-22)28-11-17(15-5-3-4-6-18(15)28)19-16-7-10-23-20(16)25-14-24-19/h3-7,10-11,14H,8,12-13H2,1-2H3,(H,23,24,25). The Morgan fingerprint density at radius 2 is 2.03 bits per heavy atom. The van der Waals surface area contributed by atoms with Crippen molar-refractivity contribution in [3.05, 3.63) is 49.1 Å². The second-order valence-corrected chi connectivity index (χ2v) is 9.50. The van der Waals surface area contributed by atoms with Gasteiger partial charge in [0.05, 0.1) is 23.7 Å². The lowest BCUT2D eigenvalue weighted by atomic mass is 9.88. The molecule has 1 aromatic carbocycles. The highest BCUT2D eigenvalue weighted by Crippen LogP contribution is 2.41. The van der Waals surface area contributed by atoms with E-state index in [1.807, 2.05) is 28.7 Å². The number of benzene rings is 1. The minimum atomic E-state index is -1.21. The highest BCUT2D eigenvalue weighted by atomic mass is 32.2. The summed E-state index contributed by atoms with van der Waals surface area (Å²) in [7, 11) is 3.58. The summed E-state index contributed by atoms with van der Waals surface area (Å²) in [6, 6.07) is 12.5. The maximum Gasteiger partial charge on any atom is 0.172 e. The van der Waals surface area contributed by atoms with E-state index in [9.17, 15) is 9.47 Å². The molecule has 0 amide bonds. The van der Waals surface area contributed by atoms with Crippen molar-refractivity contribution in [2.75, 3.05) is 27.2 Å². The molecule has 1 fully saturated rings. The third-order valence-electron chi connectivity index (χ3n) is 5.71. The van der Waals surface area contributed by atoms with Crippen molar-refractivity contribution in [1.29, 1.82) is 5.26 Å². The molecule has 0 spiro atoms. The Morgan fingerprint density at radius 3 is 2.80 bits per heavy atom. The van der Waals surface area contributed by atoms with Gasteiger partial charge in [0.15, 0.2) is 11.2 Å². The Kier molecular flexibility index (Phi) is 4.43. The number of hydrogen-bond acceptors (Lipinski definition) is 4. The first-order chi connectivity index (χ1) is 14.5. The van der Waals surface area contributed by atoms with Gasteiger partial charge >= 0.3 is 0 Å². The minimum absolute atomic E-state index is 0.343. The van der Waals surface area contributed by atoms with Gasteiger partial charge in [-0.05, 0) is 12.1 Å². The van der Waals surface area contributed by atoms with Crippen LogP contribution in [0.25, 0.3) is 33.2 Å². The number of nitriles is 1. The van der Waals surface area contributed by atoms with Gasteiger partial charge in [-0.3, -0.25) is 0 Å². The van der Waals surface area contributed by atoms with Crippen LogP contribution in [0.15, 0.2) is 49.1 Å². The van der Waals surface area contributed by atoms with Gasteiger partial charge in [0, 0.05) is 61.4 Å². The second-order valence-electron chi connectivity index (χ2n) is 7.79. The summed E-state index contributed by atoms with van der Waals surface area (Å²) in [5, 5.41) is 11.6. The molecule has 1 atom stereocenters. The average Bonchev–Trinajstić information content (AvgIpc) is 3.35. The lowest BCUT2D eigenvalue weighted by molar-refractivity contribution is 0.0907. The summed E-state index contributed by atoms with van der Waals surface area (Å²) in [5.41, 5.74) is 3.27. The largest absolute Gasteiger partial charge is 0.346 e. The molecule has 1 aliphatic rings. The fourth-order valence-electron chi connectivity index (χ4n) is 4.30. The van der Waals surface area contributed by atoms with Crippen molar-refractivity contribution < 1.29 is 4.21 Å². The Labute approximate surface area is 176 Å². The van der Waals surface area contributed by atoms with Crippen molar-refractivity contribution in [3.8, 4) is 17.3 Å². The quantitative estimate of drug-likeness (QED) is 0.538. The summed E-state index contributed by atoms with van der Waals surface area (Å²) in [6.45, 7) is 1.10. The van der Waals surface area contributed by atoms with Crippen LogP contribution in [0.5, 0.6) is 0 Å². The zero-order valence-corrected chi connectivity index (χ0v) is 17.6. The van der Waals surface area contributed by atoms with E-state index >= 15 is 0 Å². The van der Waals surface area contributed by atoms with Gasteiger partial charge in [0.1, 0.15) is 12.0 Å². The smallest absolute Gasteiger partial charge is 0.172 e. The Bertz CT molecular complexity index is 1310. The van der Waals surface area contributed by atoms with Crippen LogP contribution >= 0.6 is 0 Å². The molecule has 30 heavy (non-hydrogen) atoms. The molecule has 1 unspecified atom stereocenters. The number of aromatic amines is 1. The van der Waals surface area contributed by atoms with Crippen LogP contribution in [0, 0.1) is 11.3 Å². The molecule has 4 aromatic rings. The zero-order valence-electron chi connectivity index (χ0n) is 16.7. The molecule has 4 heterocycles. The van der Waals surface area contributed by atoms with Gasteiger partial charge in [-0.25, -0.2) is 22.8 Å². The van der Waals surface area contributed by atoms with E-state index < -0.39 is 16.7 Å². The van der Waals surface area contributed by atoms with Crippen LogP contribution in [0.4, 0.5) is 0 Å². The van der Waals surface area contributed by atoms with E-state index in [2.05, 4.69) is 43.9 Å². The first kappa shape index (κ1) is 18.9. The van der Waals surface area contributed by atoms with Crippen molar-refractivity contribution >= 4 is 33.1 Å². The highest BCUT2D eigenvalue weighted by molar-refractivity contribution is 7.80. The predicted octanol–water partition coefficient (Wildman–Crippen LogP) is 2.64. The van der Waals surface area contributed by atoms with Crippen molar-refractivity contribution in [2.24, 2.45) is 0 Å². The molecule has 0 aliphatic carbocycles. The van der Waals surface area contributed by atoms with Gasteiger partial charge in [-0.1, -0.05) is 18.2 Å².